The third-order valence-electron chi connectivity index (χ3n) is 4.90. The summed E-state index contributed by atoms with van der Waals surface area (Å²) in [6.45, 7) is 5.56. The molecule has 138 valence electrons. The molecule has 1 aromatic carbocycles. The van der Waals surface area contributed by atoms with Crippen LogP contribution in [0.15, 0.2) is 30.5 Å². The summed E-state index contributed by atoms with van der Waals surface area (Å²) in [6, 6.07) is 7.38. The Labute approximate surface area is 151 Å². The van der Waals surface area contributed by atoms with Crippen LogP contribution in [-0.2, 0) is 20.9 Å². The zero-order valence-electron chi connectivity index (χ0n) is 14.9. The van der Waals surface area contributed by atoms with E-state index in [-0.39, 0.29) is 18.4 Å². The monoisotopic (exact) mass is 357 g/mol. The zero-order valence-corrected chi connectivity index (χ0v) is 14.9. The number of amides is 2. The van der Waals surface area contributed by atoms with Crippen molar-refractivity contribution in [2.24, 2.45) is 11.8 Å². The SMILES string of the molecule is CCN(CC)C(=O)Cn1ccc2cc(NC(=O)C3CC3C(=O)O)ccc21. The Hall–Kier alpha value is -2.83. The summed E-state index contributed by atoms with van der Waals surface area (Å²) in [5, 5.41) is 12.6. The van der Waals surface area contributed by atoms with E-state index in [1.54, 1.807) is 11.0 Å². The maximum Gasteiger partial charge on any atom is 0.307 e. The quantitative estimate of drug-likeness (QED) is 0.794. The molecule has 0 bridgehead atoms. The van der Waals surface area contributed by atoms with Crippen molar-refractivity contribution in [2.45, 2.75) is 26.8 Å². The van der Waals surface area contributed by atoms with Crippen LogP contribution in [0.1, 0.15) is 20.3 Å². The molecule has 1 heterocycles. The molecule has 7 heteroatoms. The third-order valence-corrected chi connectivity index (χ3v) is 4.90. The van der Waals surface area contributed by atoms with Gasteiger partial charge in [-0.2, -0.15) is 0 Å². The van der Waals surface area contributed by atoms with Crippen molar-refractivity contribution in [3.63, 3.8) is 0 Å². The van der Waals surface area contributed by atoms with E-state index in [4.69, 9.17) is 5.11 Å². The molecule has 1 aliphatic rings. The fraction of sp³-hybridized carbons (Fsp3) is 0.421. The summed E-state index contributed by atoms with van der Waals surface area (Å²) in [5.41, 5.74) is 1.55. The maximum absolute atomic E-state index is 12.3. The number of benzene rings is 1. The van der Waals surface area contributed by atoms with Gasteiger partial charge in [-0.05, 0) is 44.5 Å². The standard InChI is InChI=1S/C19H23N3O4/c1-3-21(4-2)17(23)11-22-8-7-12-9-13(5-6-16(12)22)20-18(24)14-10-15(14)19(25)26/h5-9,14-15H,3-4,10-11H2,1-2H3,(H,20,24)(H,25,26). The second-order valence-electron chi connectivity index (χ2n) is 6.56. The Bertz CT molecular complexity index is 854. The number of aromatic nitrogens is 1. The van der Waals surface area contributed by atoms with Crippen molar-refractivity contribution in [3.8, 4) is 0 Å². The number of nitrogens with zero attached hydrogens (tertiary/aromatic N) is 2. The predicted octanol–water partition coefficient (Wildman–Crippen LogP) is 2.17. The number of carboxylic acid groups (broad SMARTS) is 1. The summed E-state index contributed by atoms with van der Waals surface area (Å²) in [6.07, 6.45) is 2.26. The number of rotatable bonds is 7. The molecule has 2 unspecified atom stereocenters. The van der Waals surface area contributed by atoms with Gasteiger partial charge in [0.1, 0.15) is 6.54 Å². The highest BCUT2D eigenvalue weighted by Gasteiger charge is 2.48. The van der Waals surface area contributed by atoms with Crippen molar-refractivity contribution in [2.75, 3.05) is 18.4 Å². The van der Waals surface area contributed by atoms with E-state index in [0.717, 1.165) is 10.9 Å². The zero-order chi connectivity index (χ0) is 18.8. The lowest BCUT2D eigenvalue weighted by molar-refractivity contribution is -0.139. The summed E-state index contributed by atoms with van der Waals surface area (Å²) in [7, 11) is 0. The Morgan fingerprint density at radius 1 is 1.19 bits per heavy atom. The molecular weight excluding hydrogens is 334 g/mol. The molecule has 0 aliphatic heterocycles. The van der Waals surface area contributed by atoms with Crippen molar-refractivity contribution in [3.05, 3.63) is 30.5 Å². The van der Waals surface area contributed by atoms with E-state index < -0.39 is 17.8 Å². The molecule has 2 aromatic rings. The van der Waals surface area contributed by atoms with E-state index in [9.17, 15) is 14.4 Å². The highest BCUT2D eigenvalue weighted by atomic mass is 16.4. The molecule has 0 spiro atoms. The lowest BCUT2D eigenvalue weighted by atomic mass is 10.2. The highest BCUT2D eigenvalue weighted by molar-refractivity contribution is 5.99. The number of anilines is 1. The minimum absolute atomic E-state index is 0.0679. The van der Waals surface area contributed by atoms with Crippen LogP contribution < -0.4 is 5.32 Å². The summed E-state index contributed by atoms with van der Waals surface area (Å²) < 4.78 is 1.89. The molecule has 1 aromatic heterocycles. The van der Waals surface area contributed by atoms with Crippen LogP contribution in [0.25, 0.3) is 10.9 Å². The number of aliphatic carboxylic acids is 1. The Kier molecular flexibility index (Phi) is 4.97. The van der Waals surface area contributed by atoms with Crippen molar-refractivity contribution in [1.29, 1.82) is 0 Å². The minimum atomic E-state index is -0.921. The van der Waals surface area contributed by atoms with E-state index in [2.05, 4.69) is 5.32 Å². The highest BCUT2D eigenvalue weighted by Crippen LogP contribution is 2.39. The Balaban J connectivity index is 1.70. The van der Waals surface area contributed by atoms with E-state index in [1.807, 2.05) is 42.8 Å². The molecule has 1 aliphatic carbocycles. The van der Waals surface area contributed by atoms with Crippen LogP contribution >= 0.6 is 0 Å². The van der Waals surface area contributed by atoms with Gasteiger partial charge in [0.2, 0.25) is 11.8 Å². The minimum Gasteiger partial charge on any atom is -0.481 e. The van der Waals surface area contributed by atoms with E-state index in [1.165, 1.54) is 0 Å². The van der Waals surface area contributed by atoms with Gasteiger partial charge < -0.3 is 19.9 Å². The number of carbonyl (C=O) groups excluding carboxylic acids is 2. The smallest absolute Gasteiger partial charge is 0.307 e. The lowest BCUT2D eigenvalue weighted by Gasteiger charge is -2.19. The van der Waals surface area contributed by atoms with Gasteiger partial charge in [-0.25, -0.2) is 0 Å². The maximum atomic E-state index is 12.3. The third kappa shape index (κ3) is 3.56. The molecule has 0 radical (unpaired) electrons. The first-order valence-electron chi connectivity index (χ1n) is 8.85. The summed E-state index contributed by atoms with van der Waals surface area (Å²) in [5.74, 6) is -2.12. The Morgan fingerprint density at radius 2 is 1.92 bits per heavy atom. The predicted molar refractivity (Wildman–Crippen MR) is 97.7 cm³/mol. The number of carbonyl (C=O) groups is 3. The van der Waals surface area contributed by atoms with Crippen LogP contribution in [0.2, 0.25) is 0 Å². The van der Waals surface area contributed by atoms with Crippen molar-refractivity contribution < 1.29 is 19.5 Å². The molecule has 2 N–H and O–H groups in total. The van der Waals surface area contributed by atoms with Crippen molar-refractivity contribution >= 4 is 34.4 Å². The van der Waals surface area contributed by atoms with Gasteiger partial charge in [-0.15, -0.1) is 0 Å². The van der Waals surface area contributed by atoms with Gasteiger partial charge in [0.25, 0.3) is 0 Å². The molecule has 26 heavy (non-hydrogen) atoms. The van der Waals surface area contributed by atoms with Crippen LogP contribution in [0.4, 0.5) is 5.69 Å². The average Bonchev–Trinajstić information content (AvgIpc) is 3.33. The number of carboxylic acids is 1. The van der Waals surface area contributed by atoms with Gasteiger partial charge >= 0.3 is 5.97 Å². The van der Waals surface area contributed by atoms with Gasteiger partial charge in [0.15, 0.2) is 0 Å². The van der Waals surface area contributed by atoms with Crippen LogP contribution in [-0.4, -0.2) is 45.4 Å². The molecule has 1 saturated carbocycles. The molecular formula is C19H23N3O4. The molecule has 2 atom stereocenters. The van der Waals surface area contributed by atoms with Gasteiger partial charge in [-0.3, -0.25) is 14.4 Å². The average molecular weight is 357 g/mol. The number of nitrogens with one attached hydrogen (secondary N) is 1. The molecule has 1 fully saturated rings. The van der Waals surface area contributed by atoms with Gasteiger partial charge in [-0.1, -0.05) is 0 Å². The number of fused-ring (bicyclic) bond motifs is 1. The number of hydrogen-bond acceptors (Lipinski definition) is 3. The van der Waals surface area contributed by atoms with Gasteiger partial charge in [0, 0.05) is 35.9 Å². The van der Waals surface area contributed by atoms with E-state index in [0.29, 0.717) is 25.2 Å². The molecule has 0 saturated heterocycles. The number of hydrogen-bond donors (Lipinski definition) is 2. The first-order valence-corrected chi connectivity index (χ1v) is 8.85. The Morgan fingerprint density at radius 3 is 2.54 bits per heavy atom. The molecule has 3 rings (SSSR count). The fourth-order valence-corrected chi connectivity index (χ4v) is 3.23. The summed E-state index contributed by atoms with van der Waals surface area (Å²) in [4.78, 5) is 37.0. The molecule has 2 amide bonds. The van der Waals surface area contributed by atoms with Gasteiger partial charge in [0.05, 0.1) is 11.8 Å². The first kappa shape index (κ1) is 18.0. The fourth-order valence-electron chi connectivity index (χ4n) is 3.23. The second-order valence-corrected chi connectivity index (χ2v) is 6.56. The van der Waals surface area contributed by atoms with E-state index >= 15 is 0 Å². The van der Waals surface area contributed by atoms with Crippen LogP contribution in [0, 0.1) is 11.8 Å². The number of likely N-dealkylation sites (N-methyl/N-ethyl adjacent to an activating group) is 1. The van der Waals surface area contributed by atoms with Crippen molar-refractivity contribution in [1.82, 2.24) is 9.47 Å². The normalized spacial score (nSPS) is 18.5. The van der Waals surface area contributed by atoms with Crippen LogP contribution in [0.3, 0.4) is 0 Å². The van der Waals surface area contributed by atoms with Crippen LogP contribution in [0.5, 0.6) is 0 Å². The largest absolute Gasteiger partial charge is 0.481 e. The molecule has 7 nitrogen and oxygen atoms in total. The second kappa shape index (κ2) is 7.19. The first-order chi connectivity index (χ1) is 12.4. The topological polar surface area (TPSA) is 91.6 Å². The lowest BCUT2D eigenvalue weighted by Crippen LogP contribution is -2.33. The summed E-state index contributed by atoms with van der Waals surface area (Å²) >= 11 is 0.